The number of furan rings is 1. The molecule has 0 aliphatic carbocycles. The highest BCUT2D eigenvalue weighted by Gasteiger charge is 2.14. The quantitative estimate of drug-likeness (QED) is 0.477. The largest absolute Gasteiger partial charge is 0.464 e. The first-order valence-electron chi connectivity index (χ1n) is 8.52. The number of nitrogens with one attached hydrogen (secondary N) is 2. The van der Waals surface area contributed by atoms with Gasteiger partial charge in [0.2, 0.25) is 5.95 Å². The van der Waals surface area contributed by atoms with Gasteiger partial charge >= 0.3 is 0 Å². The van der Waals surface area contributed by atoms with E-state index in [4.69, 9.17) is 9.68 Å². The minimum atomic E-state index is -0.781. The van der Waals surface area contributed by atoms with Crippen LogP contribution < -0.4 is 10.6 Å². The number of benzene rings is 2. The Morgan fingerprint density at radius 3 is 2.38 bits per heavy atom. The smallest absolute Gasteiger partial charge is 0.229 e. The maximum absolute atomic E-state index is 14.5. The van der Waals surface area contributed by atoms with Crippen molar-refractivity contribution >= 4 is 23.1 Å². The molecule has 29 heavy (non-hydrogen) atoms. The average molecular weight is 389 g/mol. The van der Waals surface area contributed by atoms with Gasteiger partial charge in [-0.25, -0.2) is 13.8 Å². The van der Waals surface area contributed by atoms with Crippen molar-refractivity contribution in [1.82, 2.24) is 9.97 Å². The van der Waals surface area contributed by atoms with Gasteiger partial charge in [-0.3, -0.25) is 0 Å². The van der Waals surface area contributed by atoms with Crippen LogP contribution in [-0.2, 0) is 0 Å². The van der Waals surface area contributed by atoms with Crippen LogP contribution in [-0.4, -0.2) is 9.97 Å². The van der Waals surface area contributed by atoms with E-state index in [0.717, 1.165) is 0 Å². The molecule has 0 amide bonds. The molecule has 0 aliphatic heterocycles. The fourth-order valence-electron chi connectivity index (χ4n) is 2.65. The van der Waals surface area contributed by atoms with Crippen molar-refractivity contribution in [1.29, 1.82) is 5.26 Å². The van der Waals surface area contributed by atoms with Crippen LogP contribution in [0.5, 0.6) is 0 Å². The van der Waals surface area contributed by atoms with Crippen molar-refractivity contribution in [2.24, 2.45) is 0 Å². The highest BCUT2D eigenvalue weighted by molar-refractivity contribution is 5.66. The van der Waals surface area contributed by atoms with Gasteiger partial charge in [-0.05, 0) is 54.6 Å². The summed E-state index contributed by atoms with van der Waals surface area (Å²) in [5.74, 6) is -0.758. The van der Waals surface area contributed by atoms with E-state index in [1.54, 1.807) is 36.4 Å². The van der Waals surface area contributed by atoms with Crippen LogP contribution in [0.25, 0.3) is 11.3 Å². The Hall–Kier alpha value is -4.25. The average Bonchev–Trinajstić information content (AvgIpc) is 3.26. The van der Waals surface area contributed by atoms with Crippen LogP contribution in [0.1, 0.15) is 5.56 Å². The summed E-state index contributed by atoms with van der Waals surface area (Å²) in [6.07, 6.45) is 2.88. The van der Waals surface area contributed by atoms with Gasteiger partial charge in [-0.2, -0.15) is 10.2 Å². The normalized spacial score (nSPS) is 10.4. The number of anilines is 4. The lowest BCUT2D eigenvalue weighted by Gasteiger charge is -2.11. The maximum atomic E-state index is 14.5. The molecule has 0 bridgehead atoms. The van der Waals surface area contributed by atoms with Crippen molar-refractivity contribution in [3.63, 3.8) is 0 Å². The van der Waals surface area contributed by atoms with Crippen molar-refractivity contribution < 1.29 is 13.2 Å². The maximum Gasteiger partial charge on any atom is 0.229 e. The minimum absolute atomic E-state index is 0.208. The van der Waals surface area contributed by atoms with Crippen LogP contribution in [0, 0.1) is 23.0 Å². The molecule has 8 heteroatoms. The second-order valence-corrected chi connectivity index (χ2v) is 6.00. The summed E-state index contributed by atoms with van der Waals surface area (Å²) in [4.78, 5) is 8.29. The highest BCUT2D eigenvalue weighted by Crippen LogP contribution is 2.29. The third-order valence-electron chi connectivity index (χ3n) is 4.03. The molecule has 0 radical (unpaired) electrons. The number of hydrogen-bond acceptors (Lipinski definition) is 6. The molecular weight excluding hydrogens is 376 g/mol. The molecule has 4 aromatic rings. The van der Waals surface area contributed by atoms with E-state index in [1.807, 2.05) is 6.07 Å². The topological polar surface area (TPSA) is 86.8 Å². The molecule has 4 rings (SSSR count). The number of halogens is 2. The molecular formula is C21H13F2N5O. The summed E-state index contributed by atoms with van der Waals surface area (Å²) >= 11 is 0. The van der Waals surface area contributed by atoms with E-state index < -0.39 is 11.6 Å². The Morgan fingerprint density at radius 2 is 1.72 bits per heavy atom. The van der Waals surface area contributed by atoms with E-state index in [-0.39, 0.29) is 17.5 Å². The first kappa shape index (κ1) is 18.1. The molecule has 2 N–H and O–H groups in total. The van der Waals surface area contributed by atoms with E-state index in [9.17, 15) is 8.78 Å². The van der Waals surface area contributed by atoms with Crippen LogP contribution in [0.3, 0.4) is 0 Å². The predicted molar refractivity (Wildman–Crippen MR) is 104 cm³/mol. The van der Waals surface area contributed by atoms with Gasteiger partial charge in [-0.1, -0.05) is 0 Å². The van der Waals surface area contributed by atoms with Crippen molar-refractivity contribution in [2.45, 2.75) is 0 Å². The molecule has 0 unspecified atom stereocenters. The molecule has 2 heterocycles. The summed E-state index contributed by atoms with van der Waals surface area (Å²) in [5.41, 5.74) is 1.15. The van der Waals surface area contributed by atoms with E-state index in [0.29, 0.717) is 22.6 Å². The summed E-state index contributed by atoms with van der Waals surface area (Å²) in [6, 6.07) is 15.8. The first-order valence-corrected chi connectivity index (χ1v) is 8.52. The minimum Gasteiger partial charge on any atom is -0.464 e. The fourth-order valence-corrected chi connectivity index (χ4v) is 2.65. The van der Waals surface area contributed by atoms with E-state index in [2.05, 4.69) is 20.6 Å². The lowest BCUT2D eigenvalue weighted by molar-refractivity contribution is 0.572. The Balaban J connectivity index is 1.55. The van der Waals surface area contributed by atoms with E-state index >= 15 is 0 Å². The molecule has 0 atom stereocenters. The summed E-state index contributed by atoms with van der Waals surface area (Å²) in [5, 5.41) is 14.4. The number of nitriles is 1. The van der Waals surface area contributed by atoms with Crippen molar-refractivity contribution in [2.75, 3.05) is 10.6 Å². The second-order valence-electron chi connectivity index (χ2n) is 6.00. The van der Waals surface area contributed by atoms with Crippen molar-refractivity contribution in [3.05, 3.63) is 84.3 Å². The molecule has 0 aliphatic rings. The fraction of sp³-hybridized carbons (Fsp3) is 0. The first-order chi connectivity index (χ1) is 14.1. The summed E-state index contributed by atoms with van der Waals surface area (Å²) < 4.78 is 34.1. The lowest BCUT2D eigenvalue weighted by atomic mass is 10.1. The zero-order chi connectivity index (χ0) is 20.2. The SMILES string of the molecule is N#Cc1ccc(Nc2nccc(Nc3c(F)cc(-c4ccco4)cc3F)n2)cc1. The van der Waals surface area contributed by atoms with Gasteiger partial charge in [0.25, 0.3) is 0 Å². The Labute approximate surface area is 164 Å². The van der Waals surface area contributed by atoms with Gasteiger partial charge in [-0.15, -0.1) is 0 Å². The van der Waals surface area contributed by atoms with Gasteiger partial charge in [0, 0.05) is 17.4 Å². The van der Waals surface area contributed by atoms with Gasteiger partial charge in [0.1, 0.15) is 28.9 Å². The molecule has 0 saturated heterocycles. The number of aromatic nitrogens is 2. The molecule has 0 fully saturated rings. The predicted octanol–water partition coefficient (Wildman–Crippen LogP) is 5.37. The molecule has 0 saturated carbocycles. The molecule has 0 spiro atoms. The zero-order valence-corrected chi connectivity index (χ0v) is 14.9. The zero-order valence-electron chi connectivity index (χ0n) is 14.9. The monoisotopic (exact) mass is 389 g/mol. The Kier molecular flexibility index (Phi) is 4.86. The number of hydrogen-bond donors (Lipinski definition) is 2. The Morgan fingerprint density at radius 1 is 0.966 bits per heavy atom. The third kappa shape index (κ3) is 4.04. The highest BCUT2D eigenvalue weighted by atomic mass is 19.1. The Bertz CT molecular complexity index is 1160. The van der Waals surface area contributed by atoms with Crippen LogP contribution in [0.2, 0.25) is 0 Å². The van der Waals surface area contributed by atoms with E-state index in [1.165, 1.54) is 30.7 Å². The molecule has 2 aromatic heterocycles. The third-order valence-corrected chi connectivity index (χ3v) is 4.03. The number of rotatable bonds is 5. The number of nitrogens with zero attached hydrogens (tertiary/aromatic N) is 3. The molecule has 142 valence electrons. The van der Waals surface area contributed by atoms with Gasteiger partial charge < -0.3 is 15.1 Å². The second kappa shape index (κ2) is 7.78. The standard InChI is InChI=1S/C21H13F2N5O/c22-16-10-14(18-2-1-9-29-18)11-17(23)20(16)27-19-7-8-25-21(28-19)26-15-5-3-13(12-24)4-6-15/h1-11H,(H2,25,26,27,28). The summed E-state index contributed by atoms with van der Waals surface area (Å²) in [6.45, 7) is 0. The molecule has 2 aromatic carbocycles. The van der Waals surface area contributed by atoms with Gasteiger partial charge in [0.05, 0.1) is 17.9 Å². The van der Waals surface area contributed by atoms with Crippen LogP contribution in [0.15, 0.2) is 71.5 Å². The van der Waals surface area contributed by atoms with Crippen LogP contribution in [0.4, 0.5) is 31.9 Å². The lowest BCUT2D eigenvalue weighted by Crippen LogP contribution is -2.03. The van der Waals surface area contributed by atoms with Crippen molar-refractivity contribution in [3.8, 4) is 17.4 Å². The summed E-state index contributed by atoms with van der Waals surface area (Å²) in [7, 11) is 0. The van der Waals surface area contributed by atoms with Crippen LogP contribution >= 0.6 is 0 Å². The van der Waals surface area contributed by atoms with Gasteiger partial charge in [0.15, 0.2) is 0 Å². The molecule has 6 nitrogen and oxygen atoms in total.